The molecule has 8 nitrogen and oxygen atoms in total. The summed E-state index contributed by atoms with van der Waals surface area (Å²) in [5.74, 6) is -1.35. The number of amides is 2. The van der Waals surface area contributed by atoms with Crippen molar-refractivity contribution in [2.45, 2.75) is 68.9 Å². The molecule has 8 atom stereocenters. The first-order valence-corrected chi connectivity index (χ1v) is 15.5. The number of nitrogens with one attached hydrogen (secondary N) is 2. The third kappa shape index (κ3) is 3.84. The fourth-order valence-corrected chi connectivity index (χ4v) is 9.02. The van der Waals surface area contributed by atoms with E-state index < -0.39 is 23.7 Å². The van der Waals surface area contributed by atoms with Gasteiger partial charge in [-0.1, -0.05) is 42.5 Å². The number of rotatable bonds is 4. The normalized spacial score (nSPS) is 35.7. The summed E-state index contributed by atoms with van der Waals surface area (Å²) in [4.78, 5) is 49.6. The Bertz CT molecular complexity index is 1580. The molecular formula is C34H38N4O4. The van der Waals surface area contributed by atoms with E-state index in [0.717, 1.165) is 36.8 Å². The average molecular weight is 567 g/mol. The predicted molar refractivity (Wildman–Crippen MR) is 158 cm³/mol. The molecule has 218 valence electrons. The Hall–Kier alpha value is -3.49. The number of piperidine rings is 2. The van der Waals surface area contributed by atoms with Gasteiger partial charge < -0.3 is 24.8 Å². The molecule has 0 saturated carbocycles. The van der Waals surface area contributed by atoms with Gasteiger partial charge >= 0.3 is 0 Å². The molecule has 2 aromatic carbocycles. The Morgan fingerprint density at radius 1 is 1.12 bits per heavy atom. The summed E-state index contributed by atoms with van der Waals surface area (Å²) in [5.41, 5.74) is 3.38. The Kier molecular flexibility index (Phi) is 5.92. The molecule has 1 aliphatic carbocycles. The van der Waals surface area contributed by atoms with Crippen LogP contribution in [0.5, 0.6) is 0 Å². The molecule has 2 amide bonds. The molecule has 0 radical (unpaired) electrons. The number of aromatic amines is 1. The van der Waals surface area contributed by atoms with Crippen molar-refractivity contribution < 1.29 is 19.1 Å². The SMILES string of the molecule is CN1C[C@H](C(=O)N[C@]2(C)OC3C(C2=O)[C@@H](Cc2ccccc2)C(=O)N2CCC[C@@H]32)CC2c3cccc4[nH]cc(c34)C[C@H]21. The first-order valence-electron chi connectivity index (χ1n) is 15.5. The van der Waals surface area contributed by atoms with Crippen LogP contribution in [0.1, 0.15) is 48.8 Å². The number of ketones is 1. The van der Waals surface area contributed by atoms with Crippen LogP contribution in [-0.2, 0) is 32.0 Å². The summed E-state index contributed by atoms with van der Waals surface area (Å²) >= 11 is 0. The summed E-state index contributed by atoms with van der Waals surface area (Å²) < 4.78 is 6.58. The Labute approximate surface area is 245 Å². The molecule has 5 aliphatic rings. The molecule has 4 fully saturated rings. The maximum atomic E-state index is 14.2. The van der Waals surface area contributed by atoms with Crippen LogP contribution >= 0.6 is 0 Å². The first kappa shape index (κ1) is 26.2. The standard InChI is InChI=1S/C34H38N4O4/c1-34(31(39)29-24(14-19-8-4-3-5-9-19)33(41)38-13-7-12-26(38)30(29)42-34)36-32(40)21-15-23-22-10-6-11-25-28(22)20(17-35-25)16-27(23)37(2)18-21/h3-6,8-11,17,21,23-24,26-27,29-30,35H,7,12-16,18H2,1-2H3,(H,36,40)/t21-,23?,24-,26+,27-,29?,30?,34-/m1/s1. The molecule has 3 unspecified atom stereocenters. The summed E-state index contributed by atoms with van der Waals surface area (Å²) in [6.45, 7) is 3.04. The third-order valence-corrected chi connectivity index (χ3v) is 11.0. The number of nitrogens with zero attached hydrogens (tertiary/aromatic N) is 2. The number of likely N-dealkylation sites (N-methyl/N-ethyl adjacent to an activating group) is 1. The van der Waals surface area contributed by atoms with E-state index >= 15 is 0 Å². The van der Waals surface area contributed by atoms with Crippen molar-refractivity contribution in [3.63, 3.8) is 0 Å². The number of aromatic nitrogens is 1. The monoisotopic (exact) mass is 566 g/mol. The second kappa shape index (κ2) is 9.51. The molecule has 3 aromatic rings. The smallest absolute Gasteiger partial charge is 0.227 e. The number of ether oxygens (including phenoxy) is 1. The van der Waals surface area contributed by atoms with E-state index in [1.807, 2.05) is 35.2 Å². The van der Waals surface area contributed by atoms with Crippen LogP contribution in [-0.4, -0.2) is 76.4 Å². The number of carbonyl (C=O) groups is 3. The second-order valence-corrected chi connectivity index (χ2v) is 13.4. The van der Waals surface area contributed by atoms with Gasteiger partial charge in [-0.2, -0.15) is 0 Å². The lowest BCUT2D eigenvalue weighted by atomic mass is 9.72. The minimum Gasteiger partial charge on any atom is -0.361 e. The highest BCUT2D eigenvalue weighted by molar-refractivity contribution is 5.99. The van der Waals surface area contributed by atoms with E-state index in [2.05, 4.69) is 46.6 Å². The number of hydrogen-bond acceptors (Lipinski definition) is 5. The van der Waals surface area contributed by atoms with Crippen molar-refractivity contribution in [3.8, 4) is 0 Å². The van der Waals surface area contributed by atoms with Crippen LogP contribution in [0, 0.1) is 17.8 Å². The third-order valence-electron chi connectivity index (χ3n) is 11.0. The minimum absolute atomic E-state index is 0.0469. The lowest BCUT2D eigenvalue weighted by Crippen LogP contribution is -2.57. The van der Waals surface area contributed by atoms with Crippen molar-refractivity contribution in [2.75, 3.05) is 20.1 Å². The zero-order valence-corrected chi connectivity index (χ0v) is 24.2. The number of fused-ring (bicyclic) bond motifs is 5. The molecule has 0 spiro atoms. The van der Waals surface area contributed by atoms with E-state index in [0.29, 0.717) is 25.6 Å². The van der Waals surface area contributed by atoms with Gasteiger partial charge in [0, 0.05) is 42.1 Å². The molecule has 4 aliphatic heterocycles. The lowest BCUT2D eigenvalue weighted by Gasteiger charge is -2.45. The number of carbonyl (C=O) groups excluding carboxylic acids is 3. The number of likely N-dealkylation sites (tertiary alicyclic amines) is 1. The van der Waals surface area contributed by atoms with E-state index in [4.69, 9.17) is 4.74 Å². The van der Waals surface area contributed by atoms with Gasteiger partial charge in [0.2, 0.25) is 11.8 Å². The van der Waals surface area contributed by atoms with Gasteiger partial charge in [-0.3, -0.25) is 14.4 Å². The van der Waals surface area contributed by atoms with E-state index in [1.54, 1.807) is 6.92 Å². The Balaban J connectivity index is 1.06. The van der Waals surface area contributed by atoms with Gasteiger partial charge in [0.15, 0.2) is 11.5 Å². The number of H-pyrrole nitrogens is 1. The van der Waals surface area contributed by atoms with Crippen molar-refractivity contribution >= 4 is 28.5 Å². The van der Waals surface area contributed by atoms with Gasteiger partial charge in [0.25, 0.3) is 0 Å². The highest BCUT2D eigenvalue weighted by atomic mass is 16.5. The molecule has 42 heavy (non-hydrogen) atoms. The fraction of sp³-hybridized carbons (Fsp3) is 0.500. The van der Waals surface area contributed by atoms with E-state index in [-0.39, 0.29) is 35.5 Å². The summed E-state index contributed by atoms with van der Waals surface area (Å²) in [6, 6.07) is 16.5. The van der Waals surface area contributed by atoms with Crippen molar-refractivity contribution in [3.05, 3.63) is 71.4 Å². The molecule has 1 aromatic heterocycles. The lowest BCUT2D eigenvalue weighted by molar-refractivity contribution is -0.157. The topological polar surface area (TPSA) is 94.7 Å². The first-order chi connectivity index (χ1) is 20.3. The van der Waals surface area contributed by atoms with Crippen LogP contribution in [0.2, 0.25) is 0 Å². The van der Waals surface area contributed by atoms with Gasteiger partial charge in [-0.15, -0.1) is 0 Å². The van der Waals surface area contributed by atoms with Gasteiger partial charge in [-0.05, 0) is 68.8 Å². The molecule has 5 heterocycles. The molecule has 4 saturated heterocycles. The summed E-state index contributed by atoms with van der Waals surface area (Å²) in [6.07, 6.45) is 5.64. The van der Waals surface area contributed by atoms with Crippen molar-refractivity contribution in [1.29, 1.82) is 0 Å². The van der Waals surface area contributed by atoms with Crippen LogP contribution in [0.15, 0.2) is 54.7 Å². The predicted octanol–water partition coefficient (Wildman–Crippen LogP) is 3.41. The average Bonchev–Trinajstić information content (AvgIpc) is 3.70. The van der Waals surface area contributed by atoms with E-state index in [9.17, 15) is 14.4 Å². The van der Waals surface area contributed by atoms with Gasteiger partial charge in [0.05, 0.1) is 29.9 Å². The van der Waals surface area contributed by atoms with Crippen LogP contribution in [0.3, 0.4) is 0 Å². The molecular weight excluding hydrogens is 528 g/mol. The maximum Gasteiger partial charge on any atom is 0.227 e. The van der Waals surface area contributed by atoms with Crippen molar-refractivity contribution in [1.82, 2.24) is 20.1 Å². The second-order valence-electron chi connectivity index (χ2n) is 13.4. The largest absolute Gasteiger partial charge is 0.361 e. The number of hydrogen-bond donors (Lipinski definition) is 2. The van der Waals surface area contributed by atoms with Gasteiger partial charge in [-0.25, -0.2) is 0 Å². The Morgan fingerprint density at radius 2 is 1.95 bits per heavy atom. The summed E-state index contributed by atoms with van der Waals surface area (Å²) in [5, 5.41) is 4.39. The van der Waals surface area contributed by atoms with Crippen LogP contribution in [0.25, 0.3) is 10.9 Å². The minimum atomic E-state index is -1.45. The zero-order chi connectivity index (χ0) is 28.7. The van der Waals surface area contributed by atoms with E-state index in [1.165, 1.54) is 16.5 Å². The quantitative estimate of drug-likeness (QED) is 0.505. The van der Waals surface area contributed by atoms with Crippen molar-refractivity contribution in [2.24, 2.45) is 17.8 Å². The molecule has 8 rings (SSSR count). The highest BCUT2D eigenvalue weighted by Gasteiger charge is 2.63. The number of Topliss-reactive ketones (excluding diaryl/α,β-unsaturated/α-hetero) is 1. The highest BCUT2D eigenvalue weighted by Crippen LogP contribution is 2.47. The summed E-state index contributed by atoms with van der Waals surface area (Å²) in [7, 11) is 2.11. The molecule has 2 N–H and O–H groups in total. The molecule has 0 bridgehead atoms. The number of benzene rings is 2. The van der Waals surface area contributed by atoms with Crippen LogP contribution < -0.4 is 5.32 Å². The maximum absolute atomic E-state index is 14.2. The van der Waals surface area contributed by atoms with Gasteiger partial charge in [0.1, 0.15) is 0 Å². The zero-order valence-electron chi connectivity index (χ0n) is 24.2. The van der Waals surface area contributed by atoms with Crippen LogP contribution in [0.4, 0.5) is 0 Å². The molecule has 8 heteroatoms. The fourth-order valence-electron chi connectivity index (χ4n) is 9.02. The Morgan fingerprint density at radius 3 is 2.79 bits per heavy atom.